The molecule has 9 nitrogen and oxygen atoms in total. The Labute approximate surface area is 230 Å². The molecule has 0 aromatic rings. The number of carboxylic acid groups (broad SMARTS) is 1. The lowest BCUT2D eigenvalue weighted by Gasteiger charge is -2.58. The predicted octanol–water partition coefficient (Wildman–Crippen LogP) is 3.37. The molecule has 0 saturated heterocycles. The van der Waals surface area contributed by atoms with Gasteiger partial charge < -0.3 is 20.3 Å². The molecular weight excluding hydrogens is 502 g/mol. The number of ether oxygens (including phenoxy) is 1. The molecule has 0 aromatic carbocycles. The first-order valence-corrected chi connectivity index (χ1v) is 14.4. The summed E-state index contributed by atoms with van der Waals surface area (Å²) in [4.78, 5) is 61.0. The summed E-state index contributed by atoms with van der Waals surface area (Å²) in [5.41, 5.74) is -0.908. The van der Waals surface area contributed by atoms with Crippen molar-refractivity contribution in [1.82, 2.24) is 5.32 Å². The van der Waals surface area contributed by atoms with Crippen molar-refractivity contribution < 1.29 is 38.9 Å². The standard InChI is InChI=1S/C30H43NO8/c1-17(2)26(27(36)37)31-24(34)7-8-25(35)39-16-23(33)30(38)14-11-22-20-6-5-18-15-19(32)9-12-28(18,3)21(20)10-13-29(22,30)4/h15,17,20-22,26,38H,5-14,16H2,1-4H3,(H,31,34)(H,36,37)/t20-,21+,22+,26+,28+,29+,30-/m1/s1. The Morgan fingerprint density at radius 1 is 1.03 bits per heavy atom. The molecule has 4 aliphatic rings. The molecule has 0 aliphatic heterocycles. The zero-order chi connectivity index (χ0) is 28.8. The van der Waals surface area contributed by atoms with E-state index in [2.05, 4.69) is 12.2 Å². The number of carboxylic acids is 1. The normalized spacial score (nSPS) is 36.2. The van der Waals surface area contributed by atoms with Crippen LogP contribution >= 0.6 is 0 Å². The average molecular weight is 546 g/mol. The molecule has 0 bridgehead atoms. The molecule has 0 aromatic heterocycles. The van der Waals surface area contributed by atoms with E-state index < -0.39 is 47.3 Å². The molecule has 4 rings (SSSR count). The van der Waals surface area contributed by atoms with E-state index in [0.717, 1.165) is 32.1 Å². The lowest BCUT2D eigenvalue weighted by atomic mass is 9.46. The minimum absolute atomic E-state index is 0.00431. The maximum Gasteiger partial charge on any atom is 0.326 e. The highest BCUT2D eigenvalue weighted by molar-refractivity contribution is 5.92. The van der Waals surface area contributed by atoms with Crippen LogP contribution in [0.5, 0.6) is 0 Å². The summed E-state index contributed by atoms with van der Waals surface area (Å²) < 4.78 is 5.18. The van der Waals surface area contributed by atoms with Gasteiger partial charge in [0.05, 0.1) is 6.42 Å². The lowest BCUT2D eigenvalue weighted by molar-refractivity contribution is -0.170. The number of aliphatic hydroxyl groups is 1. The molecule has 0 heterocycles. The van der Waals surface area contributed by atoms with Crippen LogP contribution in [0.3, 0.4) is 0 Å². The molecular formula is C30H43NO8. The maximum absolute atomic E-state index is 13.3. The predicted molar refractivity (Wildman–Crippen MR) is 141 cm³/mol. The first kappa shape index (κ1) is 29.4. The molecule has 1 amide bonds. The first-order valence-electron chi connectivity index (χ1n) is 14.4. The molecule has 0 unspecified atom stereocenters. The van der Waals surface area contributed by atoms with Crippen LogP contribution in [0.15, 0.2) is 11.6 Å². The van der Waals surface area contributed by atoms with Crippen LogP contribution in [0.4, 0.5) is 0 Å². The van der Waals surface area contributed by atoms with E-state index in [1.54, 1.807) is 13.8 Å². The fraction of sp³-hybridized carbons (Fsp3) is 0.767. The van der Waals surface area contributed by atoms with E-state index in [1.807, 2.05) is 13.0 Å². The van der Waals surface area contributed by atoms with Crippen LogP contribution in [0.1, 0.15) is 91.9 Å². The number of hydrogen-bond donors (Lipinski definition) is 3. The molecule has 39 heavy (non-hydrogen) atoms. The largest absolute Gasteiger partial charge is 0.480 e. The van der Waals surface area contributed by atoms with Gasteiger partial charge >= 0.3 is 11.9 Å². The van der Waals surface area contributed by atoms with Crippen LogP contribution in [0.25, 0.3) is 0 Å². The lowest BCUT2D eigenvalue weighted by Crippen LogP contribution is -2.58. The van der Waals surface area contributed by atoms with Crippen LogP contribution in [-0.4, -0.2) is 57.9 Å². The summed E-state index contributed by atoms with van der Waals surface area (Å²) in [6.07, 6.45) is 7.28. The van der Waals surface area contributed by atoms with E-state index in [-0.39, 0.29) is 35.9 Å². The number of carbonyl (C=O) groups excluding carboxylic acids is 4. The number of carbonyl (C=O) groups is 5. The molecule has 0 spiro atoms. The van der Waals surface area contributed by atoms with Crippen molar-refractivity contribution in [2.45, 2.75) is 104 Å². The highest BCUT2D eigenvalue weighted by Crippen LogP contribution is 2.67. The zero-order valence-electron chi connectivity index (χ0n) is 23.6. The van der Waals surface area contributed by atoms with Crippen molar-refractivity contribution in [3.05, 3.63) is 11.6 Å². The van der Waals surface area contributed by atoms with Gasteiger partial charge in [-0.2, -0.15) is 0 Å². The van der Waals surface area contributed by atoms with Crippen LogP contribution in [0.2, 0.25) is 0 Å². The van der Waals surface area contributed by atoms with E-state index in [9.17, 15) is 34.2 Å². The summed E-state index contributed by atoms with van der Waals surface area (Å²) in [5.74, 6) is -2.07. The smallest absolute Gasteiger partial charge is 0.326 e. The Balaban J connectivity index is 1.34. The van der Waals surface area contributed by atoms with Gasteiger partial charge in [-0.1, -0.05) is 33.3 Å². The molecule has 9 heteroatoms. The Morgan fingerprint density at radius 3 is 2.38 bits per heavy atom. The fourth-order valence-electron chi connectivity index (χ4n) is 8.35. The molecule has 3 saturated carbocycles. The maximum atomic E-state index is 13.3. The third kappa shape index (κ3) is 5.19. The number of nitrogens with one attached hydrogen (secondary N) is 1. The van der Waals surface area contributed by atoms with Gasteiger partial charge in [0.15, 0.2) is 12.4 Å². The molecule has 3 fully saturated rings. The van der Waals surface area contributed by atoms with Crippen molar-refractivity contribution >= 4 is 29.4 Å². The number of amides is 1. The third-order valence-electron chi connectivity index (χ3n) is 10.7. The summed E-state index contributed by atoms with van der Waals surface area (Å²) in [6.45, 7) is 7.10. The minimum atomic E-state index is -1.58. The number of esters is 1. The van der Waals surface area contributed by atoms with E-state index in [0.29, 0.717) is 31.1 Å². The van der Waals surface area contributed by atoms with Crippen molar-refractivity contribution in [2.75, 3.05) is 6.61 Å². The van der Waals surface area contributed by atoms with Crippen LogP contribution < -0.4 is 5.32 Å². The molecule has 4 aliphatic carbocycles. The minimum Gasteiger partial charge on any atom is -0.480 e. The van der Waals surface area contributed by atoms with Gasteiger partial charge in [0.2, 0.25) is 11.7 Å². The first-order chi connectivity index (χ1) is 18.2. The number of Topliss-reactive ketones (excluding diaryl/α,β-unsaturated/α-hetero) is 1. The Bertz CT molecular complexity index is 1080. The van der Waals surface area contributed by atoms with Gasteiger partial charge in [-0.15, -0.1) is 0 Å². The van der Waals surface area contributed by atoms with Crippen LogP contribution in [-0.2, 0) is 28.7 Å². The third-order valence-corrected chi connectivity index (χ3v) is 10.7. The second kappa shape index (κ2) is 10.8. The zero-order valence-corrected chi connectivity index (χ0v) is 23.6. The molecule has 0 radical (unpaired) electrons. The second-order valence-electron chi connectivity index (χ2n) is 13.0. The second-order valence-corrected chi connectivity index (χ2v) is 13.0. The summed E-state index contributed by atoms with van der Waals surface area (Å²) in [6, 6.07) is -1.05. The monoisotopic (exact) mass is 545 g/mol. The van der Waals surface area contributed by atoms with Crippen molar-refractivity contribution in [3.8, 4) is 0 Å². The van der Waals surface area contributed by atoms with Gasteiger partial charge in [-0.25, -0.2) is 4.79 Å². The van der Waals surface area contributed by atoms with E-state index in [4.69, 9.17) is 4.74 Å². The number of rotatable bonds is 9. The average Bonchev–Trinajstić information content (AvgIpc) is 3.16. The highest BCUT2D eigenvalue weighted by atomic mass is 16.5. The van der Waals surface area contributed by atoms with Gasteiger partial charge in [-0.05, 0) is 80.1 Å². The summed E-state index contributed by atoms with van der Waals surface area (Å²) in [5, 5.41) is 23.3. The van der Waals surface area contributed by atoms with E-state index in [1.165, 1.54) is 5.57 Å². The van der Waals surface area contributed by atoms with Gasteiger partial charge in [0.1, 0.15) is 11.6 Å². The van der Waals surface area contributed by atoms with Crippen molar-refractivity contribution in [2.24, 2.45) is 34.5 Å². The van der Waals surface area contributed by atoms with Gasteiger partial charge in [-0.3, -0.25) is 19.2 Å². The highest BCUT2D eigenvalue weighted by Gasteiger charge is 2.66. The van der Waals surface area contributed by atoms with Crippen molar-refractivity contribution in [1.29, 1.82) is 0 Å². The summed E-state index contributed by atoms with van der Waals surface area (Å²) in [7, 11) is 0. The quantitative estimate of drug-likeness (QED) is 0.374. The Kier molecular flexibility index (Phi) is 8.14. The molecule has 3 N–H and O–H groups in total. The van der Waals surface area contributed by atoms with Gasteiger partial charge in [0.25, 0.3) is 0 Å². The molecule has 216 valence electrons. The summed E-state index contributed by atoms with van der Waals surface area (Å²) >= 11 is 0. The molecule has 7 atom stereocenters. The van der Waals surface area contributed by atoms with E-state index >= 15 is 0 Å². The number of hydrogen-bond acceptors (Lipinski definition) is 7. The number of fused-ring (bicyclic) bond motifs is 5. The van der Waals surface area contributed by atoms with Crippen molar-refractivity contribution in [3.63, 3.8) is 0 Å². The number of aliphatic carboxylic acids is 1. The Hall–Kier alpha value is -2.55. The Morgan fingerprint density at radius 2 is 1.72 bits per heavy atom. The van der Waals surface area contributed by atoms with Crippen LogP contribution in [0, 0.1) is 34.5 Å². The van der Waals surface area contributed by atoms with Gasteiger partial charge in [0, 0.05) is 18.3 Å². The number of ketones is 2. The SMILES string of the molecule is CC(C)[C@H](NC(=O)CCC(=O)OCC(=O)[C@]1(O)CC[C@H]2[C@@H]3CCC4=CC(=O)CC[C@]4(C)[C@H]3CC[C@@]21C)C(=O)O. The topological polar surface area (TPSA) is 147 Å². The number of allylic oxidation sites excluding steroid dienone is 1. The fourth-order valence-corrected chi connectivity index (χ4v) is 8.35.